The van der Waals surface area contributed by atoms with E-state index in [2.05, 4.69) is 36.8 Å². The number of aliphatic hydroxyl groups is 1. The first kappa shape index (κ1) is 35.2. The van der Waals surface area contributed by atoms with Crippen molar-refractivity contribution in [3.8, 4) is 17.2 Å². The predicted octanol–water partition coefficient (Wildman–Crippen LogP) is 6.36. The van der Waals surface area contributed by atoms with Gasteiger partial charge in [0.15, 0.2) is 23.1 Å². The van der Waals surface area contributed by atoms with E-state index < -0.39 is 17.6 Å². The van der Waals surface area contributed by atoms with Gasteiger partial charge in [0.05, 0.1) is 27.4 Å². The van der Waals surface area contributed by atoms with Crippen molar-refractivity contribution in [2.24, 2.45) is 10.1 Å². The lowest BCUT2D eigenvalue weighted by Gasteiger charge is -2.32. The van der Waals surface area contributed by atoms with Gasteiger partial charge in [0, 0.05) is 46.5 Å². The number of para-hydroxylation sites is 1. The molecule has 0 saturated heterocycles. The molecule has 4 aromatic rings. The summed E-state index contributed by atoms with van der Waals surface area (Å²) in [6, 6.07) is 27.8. The number of benzene rings is 4. The Kier molecular flexibility index (Phi) is 12.1. The molecule has 0 aliphatic carbocycles. The molecule has 0 spiro atoms. The van der Waals surface area contributed by atoms with Gasteiger partial charge < -0.3 is 24.1 Å². The maximum absolute atomic E-state index is 14.6. The molecule has 254 valence electrons. The number of hydrazine groups is 1. The number of aliphatic hydroxyl groups excluding tert-OH is 1. The number of carbonyl (C=O) groups is 1. The number of halogens is 1. The first-order valence-electron chi connectivity index (χ1n) is 15.6. The summed E-state index contributed by atoms with van der Waals surface area (Å²) >= 11 is 3.50. The number of hydrogen-bond donors (Lipinski definition) is 3. The van der Waals surface area contributed by atoms with Crippen molar-refractivity contribution in [2.45, 2.75) is 37.6 Å². The maximum Gasteiger partial charge on any atom is 0.266 e. The summed E-state index contributed by atoms with van der Waals surface area (Å²) in [7, 11) is 3.13. The van der Waals surface area contributed by atoms with Gasteiger partial charge in [-0.25, -0.2) is 10.4 Å². The molecule has 1 heterocycles. The van der Waals surface area contributed by atoms with E-state index in [1.807, 2.05) is 72.8 Å². The Hall–Kier alpha value is -5.07. The number of nitrogens with zero attached hydrogens (tertiary/aromatic N) is 4. The number of rotatable bonds is 16. The smallest absolute Gasteiger partial charge is 0.266 e. The number of hydrogen-bond acceptors (Lipinski definition) is 9. The van der Waals surface area contributed by atoms with Gasteiger partial charge in [-0.2, -0.15) is 0 Å². The van der Waals surface area contributed by atoms with E-state index in [1.54, 1.807) is 32.4 Å². The third kappa shape index (κ3) is 8.33. The molecule has 4 aromatic carbocycles. The number of azide groups is 1. The molecule has 13 heteroatoms. The standard InChI is InChI=1S/C36H37BrN6O6/c1-46-31-10-5-8-27(32(31)47-2)23-39-42-35(45)36(21-24-11-15-28(37)16-12-24)33(30-9-4-3-7-26(30)22-40-43-38)49-34(41-36)25-13-17-29(18-14-25)48-20-6-19-44/h3-5,7-18,33,39,44H,6,19-23H2,1-2H3,(H,42,45)/t33-,36-/m0/s1. The van der Waals surface area contributed by atoms with Gasteiger partial charge in [-0.3, -0.25) is 10.2 Å². The fourth-order valence-corrected chi connectivity index (χ4v) is 5.90. The zero-order valence-corrected chi connectivity index (χ0v) is 28.7. The van der Waals surface area contributed by atoms with Gasteiger partial charge in [-0.1, -0.05) is 69.6 Å². The number of carbonyl (C=O) groups excluding carboxylic acids is 1. The Balaban J connectivity index is 1.56. The molecule has 12 nitrogen and oxygen atoms in total. The van der Waals surface area contributed by atoms with Crippen LogP contribution in [0.2, 0.25) is 0 Å². The number of aliphatic imine (C=N–C) groups is 1. The Bertz CT molecular complexity index is 1810. The Morgan fingerprint density at radius 3 is 2.49 bits per heavy atom. The van der Waals surface area contributed by atoms with Crippen LogP contribution in [0, 0.1) is 0 Å². The van der Waals surface area contributed by atoms with Gasteiger partial charge in [-0.05, 0) is 64.7 Å². The average molecular weight is 730 g/mol. The first-order chi connectivity index (χ1) is 23.9. The SMILES string of the molecule is COc1cccc(CNNC(=O)[C@@]2(Cc3ccc(Br)cc3)N=C(c3ccc(OCCCO)cc3)O[C@H]2c2ccccc2CN=[N+]=[N-])c1OC. The minimum absolute atomic E-state index is 0.0374. The molecule has 0 saturated carbocycles. The molecule has 0 unspecified atom stereocenters. The van der Waals surface area contributed by atoms with E-state index in [0.29, 0.717) is 47.0 Å². The summed E-state index contributed by atoms with van der Waals surface area (Å²) in [4.78, 5) is 22.7. The zero-order valence-electron chi connectivity index (χ0n) is 27.1. The lowest BCUT2D eigenvalue weighted by atomic mass is 9.81. The second kappa shape index (κ2) is 16.8. The fraction of sp³-hybridized carbons (Fsp3) is 0.278. The Morgan fingerprint density at radius 1 is 1.02 bits per heavy atom. The van der Waals surface area contributed by atoms with E-state index in [-0.39, 0.29) is 32.0 Å². The molecule has 49 heavy (non-hydrogen) atoms. The molecule has 1 aliphatic rings. The Labute approximate surface area is 292 Å². The molecular weight excluding hydrogens is 692 g/mol. The highest BCUT2D eigenvalue weighted by Crippen LogP contribution is 2.44. The number of ether oxygens (including phenoxy) is 4. The van der Waals surface area contributed by atoms with Gasteiger partial charge in [-0.15, -0.1) is 0 Å². The highest BCUT2D eigenvalue weighted by atomic mass is 79.9. The molecule has 3 N–H and O–H groups in total. The molecule has 5 rings (SSSR count). The molecule has 0 fully saturated rings. The van der Waals surface area contributed by atoms with Gasteiger partial charge in [0.25, 0.3) is 5.91 Å². The van der Waals surface area contributed by atoms with Crippen LogP contribution in [-0.2, 0) is 29.0 Å². The van der Waals surface area contributed by atoms with Crippen LogP contribution in [0.15, 0.2) is 106 Å². The summed E-state index contributed by atoms with van der Waals surface area (Å²) in [6.45, 7) is 0.706. The second-order valence-electron chi connectivity index (χ2n) is 11.1. The van der Waals surface area contributed by atoms with Crippen molar-refractivity contribution >= 4 is 27.7 Å². The molecule has 1 aliphatic heterocycles. The predicted molar refractivity (Wildman–Crippen MR) is 188 cm³/mol. The number of methoxy groups -OCH3 is 2. The van der Waals surface area contributed by atoms with Crippen LogP contribution in [0.5, 0.6) is 17.2 Å². The molecule has 0 bridgehead atoms. The van der Waals surface area contributed by atoms with Crippen molar-refractivity contribution in [1.82, 2.24) is 10.9 Å². The number of amides is 1. The van der Waals surface area contributed by atoms with Gasteiger partial charge in [0.1, 0.15) is 5.75 Å². The summed E-state index contributed by atoms with van der Waals surface area (Å²) in [5.74, 6) is 1.59. The van der Waals surface area contributed by atoms with Crippen LogP contribution < -0.4 is 25.1 Å². The first-order valence-corrected chi connectivity index (χ1v) is 16.4. The largest absolute Gasteiger partial charge is 0.494 e. The molecule has 0 radical (unpaired) electrons. The maximum atomic E-state index is 14.6. The zero-order chi connectivity index (χ0) is 34.6. The summed E-state index contributed by atoms with van der Waals surface area (Å²) < 4.78 is 24.3. The monoisotopic (exact) mass is 728 g/mol. The average Bonchev–Trinajstić information content (AvgIpc) is 3.52. The highest BCUT2D eigenvalue weighted by molar-refractivity contribution is 9.10. The summed E-state index contributed by atoms with van der Waals surface area (Å²) in [5.41, 5.74) is 17.2. The minimum atomic E-state index is -1.50. The number of nitrogens with one attached hydrogen (secondary N) is 2. The van der Waals surface area contributed by atoms with Crippen LogP contribution >= 0.6 is 15.9 Å². The van der Waals surface area contributed by atoms with Crippen LogP contribution in [0.4, 0.5) is 0 Å². The molecular formula is C36H37BrN6O6. The van der Waals surface area contributed by atoms with E-state index in [0.717, 1.165) is 15.6 Å². The van der Waals surface area contributed by atoms with E-state index in [9.17, 15) is 4.79 Å². The fourth-order valence-electron chi connectivity index (χ4n) is 5.64. The summed E-state index contributed by atoms with van der Waals surface area (Å²) in [5, 5.41) is 12.9. The minimum Gasteiger partial charge on any atom is -0.494 e. The normalized spacial score (nSPS) is 16.6. The molecule has 0 aromatic heterocycles. The molecule has 2 atom stereocenters. The molecule has 1 amide bonds. The van der Waals surface area contributed by atoms with Crippen LogP contribution in [0.3, 0.4) is 0 Å². The quantitative estimate of drug-likeness (QED) is 0.0398. The van der Waals surface area contributed by atoms with Gasteiger partial charge >= 0.3 is 0 Å². The van der Waals surface area contributed by atoms with E-state index in [4.69, 9.17) is 34.6 Å². The van der Waals surface area contributed by atoms with Gasteiger partial charge in [0.2, 0.25) is 5.90 Å². The van der Waals surface area contributed by atoms with Crippen molar-refractivity contribution in [3.05, 3.63) is 134 Å². The third-order valence-corrected chi connectivity index (χ3v) is 8.55. The van der Waals surface area contributed by atoms with Crippen molar-refractivity contribution in [3.63, 3.8) is 0 Å². The van der Waals surface area contributed by atoms with Crippen molar-refractivity contribution in [1.29, 1.82) is 0 Å². The highest BCUT2D eigenvalue weighted by Gasteiger charge is 2.54. The van der Waals surface area contributed by atoms with E-state index in [1.165, 1.54) is 0 Å². The Morgan fingerprint density at radius 2 is 1.78 bits per heavy atom. The van der Waals surface area contributed by atoms with Crippen LogP contribution in [0.25, 0.3) is 10.4 Å². The van der Waals surface area contributed by atoms with E-state index >= 15 is 0 Å². The lowest BCUT2D eigenvalue weighted by Crippen LogP contribution is -2.53. The summed E-state index contributed by atoms with van der Waals surface area (Å²) in [6.07, 6.45) is -0.200. The van der Waals surface area contributed by atoms with Crippen LogP contribution in [-0.4, -0.2) is 49.9 Å². The van der Waals surface area contributed by atoms with Crippen LogP contribution in [0.1, 0.15) is 40.3 Å². The second-order valence-corrected chi connectivity index (χ2v) is 12.1. The topological polar surface area (TPSA) is 159 Å². The third-order valence-electron chi connectivity index (χ3n) is 8.02. The van der Waals surface area contributed by atoms with Crippen molar-refractivity contribution < 1.29 is 28.8 Å². The lowest BCUT2D eigenvalue weighted by molar-refractivity contribution is -0.130. The van der Waals surface area contributed by atoms with Crippen molar-refractivity contribution in [2.75, 3.05) is 27.4 Å².